The lowest BCUT2D eigenvalue weighted by Gasteiger charge is -2.43. The van der Waals surface area contributed by atoms with E-state index < -0.39 is 0 Å². The van der Waals surface area contributed by atoms with E-state index in [4.69, 9.17) is 4.74 Å². The Morgan fingerprint density at radius 2 is 1.59 bits per heavy atom. The molecule has 1 N–H and O–H groups in total. The van der Waals surface area contributed by atoms with Crippen molar-refractivity contribution >= 4 is 40.6 Å². The summed E-state index contributed by atoms with van der Waals surface area (Å²) in [5.74, 6) is 0.470. The molecule has 7 atom stereocenters. The minimum absolute atomic E-state index is 0.00373. The fourth-order valence-electron chi connectivity index (χ4n) is 7.84. The fourth-order valence-corrected chi connectivity index (χ4v) is 10.7. The van der Waals surface area contributed by atoms with Gasteiger partial charge in [-0.05, 0) is 66.5 Å². The standard InChI is InChI=1S/C33H28N2O4S2/c1-17-7-9-18(10-8-17)16-39-21-13-11-19(12-14-21)24-25-22-15-23(28(25)40-30-29(24)41-33(38)34-30)27-26(22)31(36)35(32(27)37)20-5-3-2-4-6-20/h2-14,22-28H,15-16H2,1H3,(H,34,38)/t22?,23?,24-,25?,26?,27?,28?/m1/s1. The van der Waals surface area contributed by atoms with Crippen LogP contribution in [0.4, 0.5) is 5.69 Å². The molecule has 1 saturated heterocycles. The summed E-state index contributed by atoms with van der Waals surface area (Å²) < 4.78 is 6.07. The topological polar surface area (TPSA) is 79.5 Å². The zero-order chi connectivity index (χ0) is 27.8. The molecule has 2 aliphatic carbocycles. The molecule has 8 heteroatoms. The van der Waals surface area contributed by atoms with Crippen LogP contribution in [-0.2, 0) is 16.2 Å². The fraction of sp³-hybridized carbons (Fsp3) is 0.303. The Balaban J connectivity index is 1.12. The van der Waals surface area contributed by atoms with E-state index in [0.717, 1.165) is 33.2 Å². The largest absolute Gasteiger partial charge is 0.489 e. The zero-order valence-corrected chi connectivity index (χ0v) is 24.0. The first-order valence-electron chi connectivity index (χ1n) is 14.1. The van der Waals surface area contributed by atoms with E-state index >= 15 is 0 Å². The van der Waals surface area contributed by atoms with Crippen molar-refractivity contribution in [1.82, 2.24) is 4.98 Å². The summed E-state index contributed by atoms with van der Waals surface area (Å²) in [6.45, 7) is 2.56. The molecule has 6 unspecified atom stereocenters. The van der Waals surface area contributed by atoms with Crippen molar-refractivity contribution in [3.05, 3.63) is 110 Å². The number of hydrogen-bond donors (Lipinski definition) is 1. The number of thiazole rings is 1. The maximum Gasteiger partial charge on any atom is 0.305 e. The lowest BCUT2D eigenvalue weighted by Crippen LogP contribution is -2.42. The third-order valence-corrected chi connectivity index (χ3v) is 12.1. The predicted molar refractivity (Wildman–Crippen MR) is 159 cm³/mol. The minimum atomic E-state index is -0.300. The lowest BCUT2D eigenvalue weighted by molar-refractivity contribution is -0.123. The van der Waals surface area contributed by atoms with Gasteiger partial charge < -0.3 is 9.72 Å². The highest BCUT2D eigenvalue weighted by atomic mass is 32.2. The molecule has 41 heavy (non-hydrogen) atoms. The van der Waals surface area contributed by atoms with Crippen LogP contribution < -0.4 is 14.5 Å². The predicted octanol–water partition coefficient (Wildman–Crippen LogP) is 6.00. The van der Waals surface area contributed by atoms with Crippen LogP contribution in [0.1, 0.15) is 33.9 Å². The van der Waals surface area contributed by atoms with Crippen molar-refractivity contribution in [3.8, 4) is 5.75 Å². The molecule has 4 aliphatic rings. The Kier molecular flexibility index (Phi) is 5.80. The highest BCUT2D eigenvalue weighted by Gasteiger charge is 2.69. The van der Waals surface area contributed by atoms with E-state index in [9.17, 15) is 14.4 Å². The number of rotatable bonds is 5. The summed E-state index contributed by atoms with van der Waals surface area (Å²) in [6.07, 6.45) is 0.880. The second kappa shape index (κ2) is 9.46. The molecule has 2 bridgehead atoms. The van der Waals surface area contributed by atoms with Crippen LogP contribution in [0.15, 0.2) is 88.7 Å². The SMILES string of the molecule is Cc1ccc(COc2ccc([C@H]3c4sc(=O)[nH]c4SC4C5CC(C6C(=O)N(c7ccccc7)C(=O)C56)C43)cc2)cc1. The number of ether oxygens (including phenoxy) is 1. The van der Waals surface area contributed by atoms with Crippen LogP contribution in [0.25, 0.3) is 0 Å². The van der Waals surface area contributed by atoms with Gasteiger partial charge in [-0.25, -0.2) is 0 Å². The van der Waals surface area contributed by atoms with E-state index in [1.807, 2.05) is 42.5 Å². The molecule has 2 saturated carbocycles. The van der Waals surface area contributed by atoms with Gasteiger partial charge in [0.25, 0.3) is 0 Å². The zero-order valence-electron chi connectivity index (χ0n) is 22.4. The third kappa shape index (κ3) is 3.87. The van der Waals surface area contributed by atoms with Gasteiger partial charge in [0.2, 0.25) is 11.8 Å². The van der Waals surface area contributed by atoms with E-state index in [2.05, 4.69) is 48.3 Å². The van der Waals surface area contributed by atoms with E-state index in [1.165, 1.54) is 21.8 Å². The number of thioether (sulfide) groups is 1. The highest BCUT2D eigenvalue weighted by Crippen LogP contribution is 2.68. The highest BCUT2D eigenvalue weighted by molar-refractivity contribution is 8.00. The number of anilines is 1. The number of aromatic amines is 1. The summed E-state index contributed by atoms with van der Waals surface area (Å²) in [5, 5.41) is 1.10. The van der Waals surface area contributed by atoms with Gasteiger partial charge in [0.15, 0.2) is 0 Å². The number of carbonyl (C=O) groups is 2. The van der Waals surface area contributed by atoms with Crippen LogP contribution in [0, 0.1) is 36.5 Å². The molecule has 6 nitrogen and oxygen atoms in total. The Morgan fingerprint density at radius 3 is 2.32 bits per heavy atom. The van der Waals surface area contributed by atoms with Crippen molar-refractivity contribution < 1.29 is 14.3 Å². The van der Waals surface area contributed by atoms with Gasteiger partial charge in [0.05, 0.1) is 22.5 Å². The van der Waals surface area contributed by atoms with Crippen molar-refractivity contribution in [2.45, 2.75) is 36.1 Å². The van der Waals surface area contributed by atoms with Crippen molar-refractivity contribution in [1.29, 1.82) is 0 Å². The summed E-state index contributed by atoms with van der Waals surface area (Å²) in [7, 11) is 0. The van der Waals surface area contributed by atoms with Crippen molar-refractivity contribution in [3.63, 3.8) is 0 Å². The number of nitrogens with zero attached hydrogens (tertiary/aromatic N) is 1. The number of benzene rings is 3. The molecule has 2 aliphatic heterocycles. The molecule has 3 fully saturated rings. The number of fused-ring (bicyclic) bond motifs is 9. The summed E-state index contributed by atoms with van der Waals surface area (Å²) in [5.41, 5.74) is 4.12. The number of aryl methyl sites for hydroxylation is 1. The Bertz CT molecular complexity index is 1710. The third-order valence-electron chi connectivity index (χ3n) is 9.50. The Labute approximate surface area is 245 Å². The Morgan fingerprint density at radius 1 is 0.878 bits per heavy atom. The number of H-pyrrole nitrogens is 1. The first-order chi connectivity index (χ1) is 20.0. The number of aromatic nitrogens is 1. The average Bonchev–Trinajstić information content (AvgIpc) is 3.72. The monoisotopic (exact) mass is 580 g/mol. The van der Waals surface area contributed by atoms with Gasteiger partial charge in [-0.15, -0.1) is 11.8 Å². The minimum Gasteiger partial charge on any atom is -0.489 e. The number of nitrogens with one attached hydrogen (secondary N) is 1. The molecule has 4 aromatic rings. The van der Waals surface area contributed by atoms with Crippen molar-refractivity contribution in [2.75, 3.05) is 4.90 Å². The molecule has 0 radical (unpaired) electrons. The molecule has 2 amide bonds. The van der Waals surface area contributed by atoms with Crippen LogP contribution in [0.3, 0.4) is 0 Å². The van der Waals surface area contributed by atoms with Crippen LogP contribution in [0.5, 0.6) is 5.75 Å². The molecule has 3 heterocycles. The molecular formula is C33H28N2O4S2. The van der Waals surface area contributed by atoms with Crippen molar-refractivity contribution in [2.24, 2.45) is 29.6 Å². The van der Waals surface area contributed by atoms with Gasteiger partial charge in [-0.1, -0.05) is 71.5 Å². The van der Waals surface area contributed by atoms with E-state index in [0.29, 0.717) is 12.3 Å². The second-order valence-corrected chi connectivity index (χ2v) is 13.9. The van der Waals surface area contributed by atoms with Crippen LogP contribution in [-0.4, -0.2) is 22.0 Å². The molecule has 1 aromatic heterocycles. The first kappa shape index (κ1) is 25.1. The maximum atomic E-state index is 13.8. The maximum absolute atomic E-state index is 13.8. The molecule has 8 rings (SSSR count). The molecule has 0 spiro atoms. The summed E-state index contributed by atoms with van der Waals surface area (Å²) >= 11 is 3.00. The first-order valence-corrected chi connectivity index (χ1v) is 15.8. The van der Waals surface area contributed by atoms with Gasteiger partial charge in [-0.3, -0.25) is 19.3 Å². The summed E-state index contributed by atoms with van der Waals surface area (Å²) in [6, 6.07) is 25.9. The Hall–Kier alpha value is -3.62. The normalized spacial score (nSPS) is 29.4. The smallest absolute Gasteiger partial charge is 0.305 e. The van der Waals surface area contributed by atoms with Gasteiger partial charge in [-0.2, -0.15) is 0 Å². The average molecular weight is 581 g/mol. The van der Waals surface area contributed by atoms with E-state index in [-0.39, 0.29) is 57.4 Å². The number of hydrogen-bond acceptors (Lipinski definition) is 6. The van der Waals surface area contributed by atoms with Gasteiger partial charge >= 0.3 is 4.87 Å². The van der Waals surface area contributed by atoms with Gasteiger partial charge in [0.1, 0.15) is 12.4 Å². The quantitative estimate of drug-likeness (QED) is 0.293. The van der Waals surface area contributed by atoms with Crippen LogP contribution in [0.2, 0.25) is 0 Å². The number of imide groups is 1. The molecule has 206 valence electrons. The molecule has 3 aromatic carbocycles. The van der Waals surface area contributed by atoms with Crippen LogP contribution >= 0.6 is 23.1 Å². The second-order valence-electron chi connectivity index (χ2n) is 11.7. The number of amides is 2. The number of carbonyl (C=O) groups excluding carboxylic acids is 2. The number of para-hydroxylation sites is 1. The van der Waals surface area contributed by atoms with Gasteiger partial charge in [0, 0.05) is 16.0 Å². The molecular weight excluding hydrogens is 553 g/mol. The summed E-state index contributed by atoms with van der Waals surface area (Å²) in [4.78, 5) is 45.6. The van der Waals surface area contributed by atoms with E-state index in [1.54, 1.807) is 11.8 Å². The lowest BCUT2D eigenvalue weighted by atomic mass is 9.68.